The van der Waals surface area contributed by atoms with E-state index in [0.717, 1.165) is 28.6 Å². The smallest absolute Gasteiger partial charge is 0.303 e. The largest absolute Gasteiger partial charge is 0.496 e. The number of benzene rings is 1. The monoisotopic (exact) mass is 298 g/mol. The lowest BCUT2D eigenvalue weighted by Gasteiger charge is -2.19. The zero-order valence-electron chi connectivity index (χ0n) is 9.65. The van der Waals surface area contributed by atoms with Crippen LogP contribution in [0.2, 0.25) is 0 Å². The zero-order chi connectivity index (χ0) is 12.4. The summed E-state index contributed by atoms with van der Waals surface area (Å²) in [6.07, 6.45) is 2.40. The molecule has 92 valence electrons. The summed E-state index contributed by atoms with van der Waals surface area (Å²) in [6.45, 7) is 0. The minimum Gasteiger partial charge on any atom is -0.496 e. The Hall–Kier alpha value is -1.03. The van der Waals surface area contributed by atoms with Gasteiger partial charge in [-0.25, -0.2) is 0 Å². The molecule has 0 spiro atoms. The van der Waals surface area contributed by atoms with E-state index in [1.807, 2.05) is 18.2 Å². The molecular formula is C13H15BrO3. The van der Waals surface area contributed by atoms with Gasteiger partial charge >= 0.3 is 5.97 Å². The summed E-state index contributed by atoms with van der Waals surface area (Å²) in [5.41, 5.74) is 1.000. The first-order valence-electron chi connectivity index (χ1n) is 5.67. The van der Waals surface area contributed by atoms with Crippen molar-refractivity contribution in [3.05, 3.63) is 28.2 Å². The number of halogens is 1. The third kappa shape index (κ3) is 2.80. The van der Waals surface area contributed by atoms with Gasteiger partial charge in [0.05, 0.1) is 13.5 Å². The second kappa shape index (κ2) is 5.08. The van der Waals surface area contributed by atoms with Gasteiger partial charge in [-0.1, -0.05) is 22.0 Å². The summed E-state index contributed by atoms with van der Waals surface area (Å²) in [7, 11) is 1.62. The number of carboxylic acids is 1. The van der Waals surface area contributed by atoms with E-state index >= 15 is 0 Å². The van der Waals surface area contributed by atoms with Crippen molar-refractivity contribution >= 4 is 21.9 Å². The zero-order valence-corrected chi connectivity index (χ0v) is 11.2. The van der Waals surface area contributed by atoms with Crippen LogP contribution in [0.15, 0.2) is 22.7 Å². The average molecular weight is 299 g/mol. The van der Waals surface area contributed by atoms with Gasteiger partial charge in [-0.2, -0.15) is 0 Å². The molecule has 0 amide bonds. The predicted molar refractivity (Wildman–Crippen MR) is 68.4 cm³/mol. The van der Waals surface area contributed by atoms with Crippen molar-refractivity contribution in [2.75, 3.05) is 7.11 Å². The van der Waals surface area contributed by atoms with Crippen molar-refractivity contribution in [1.29, 1.82) is 0 Å². The number of rotatable bonds is 5. The van der Waals surface area contributed by atoms with Crippen molar-refractivity contribution in [2.45, 2.75) is 25.2 Å². The highest BCUT2D eigenvalue weighted by Gasteiger charge is 2.36. The first-order valence-corrected chi connectivity index (χ1v) is 6.47. The second-order valence-corrected chi connectivity index (χ2v) is 5.25. The molecule has 1 saturated carbocycles. The van der Waals surface area contributed by atoms with Gasteiger partial charge in [-0.15, -0.1) is 0 Å². The summed E-state index contributed by atoms with van der Waals surface area (Å²) < 4.78 is 6.28. The van der Waals surface area contributed by atoms with Gasteiger partial charge in [-0.3, -0.25) is 4.79 Å². The highest BCUT2D eigenvalue weighted by molar-refractivity contribution is 9.10. The fourth-order valence-corrected chi connectivity index (χ4v) is 2.89. The van der Waals surface area contributed by atoms with Gasteiger partial charge in [0.25, 0.3) is 0 Å². The van der Waals surface area contributed by atoms with Crippen LogP contribution in [0.1, 0.15) is 30.7 Å². The van der Waals surface area contributed by atoms with E-state index in [2.05, 4.69) is 15.9 Å². The van der Waals surface area contributed by atoms with Crippen molar-refractivity contribution in [3.8, 4) is 5.75 Å². The van der Waals surface area contributed by atoms with Crippen LogP contribution >= 0.6 is 15.9 Å². The molecule has 1 aromatic rings. The van der Waals surface area contributed by atoms with E-state index in [-0.39, 0.29) is 12.3 Å². The van der Waals surface area contributed by atoms with E-state index in [4.69, 9.17) is 9.84 Å². The molecule has 1 atom stereocenters. The lowest BCUT2D eigenvalue weighted by Crippen LogP contribution is -2.10. The third-order valence-corrected chi connectivity index (χ3v) is 3.88. The average Bonchev–Trinajstić information content (AvgIpc) is 3.09. The maximum Gasteiger partial charge on any atom is 0.303 e. The number of hydrogen-bond acceptors (Lipinski definition) is 2. The molecule has 0 bridgehead atoms. The molecule has 2 rings (SSSR count). The Kier molecular flexibility index (Phi) is 3.72. The molecule has 1 aliphatic carbocycles. The van der Waals surface area contributed by atoms with Gasteiger partial charge in [-0.05, 0) is 30.9 Å². The quantitative estimate of drug-likeness (QED) is 0.906. The van der Waals surface area contributed by atoms with Crippen LogP contribution < -0.4 is 4.74 Å². The van der Waals surface area contributed by atoms with Crippen LogP contribution in [-0.4, -0.2) is 18.2 Å². The van der Waals surface area contributed by atoms with Crippen LogP contribution in [-0.2, 0) is 4.79 Å². The molecule has 4 heteroatoms. The van der Waals surface area contributed by atoms with Crippen LogP contribution in [0.3, 0.4) is 0 Å². The van der Waals surface area contributed by atoms with E-state index in [9.17, 15) is 4.79 Å². The van der Waals surface area contributed by atoms with Gasteiger partial charge in [0.1, 0.15) is 5.75 Å². The maximum atomic E-state index is 11.0. The molecule has 3 nitrogen and oxygen atoms in total. The fraction of sp³-hybridized carbons (Fsp3) is 0.462. The molecule has 1 N–H and O–H groups in total. The van der Waals surface area contributed by atoms with Gasteiger partial charge < -0.3 is 9.84 Å². The fourth-order valence-electron chi connectivity index (χ4n) is 2.25. The Morgan fingerprint density at radius 1 is 1.59 bits per heavy atom. The summed E-state index contributed by atoms with van der Waals surface area (Å²) in [6, 6.07) is 5.73. The Morgan fingerprint density at radius 3 is 2.82 bits per heavy atom. The van der Waals surface area contributed by atoms with Crippen LogP contribution in [0.5, 0.6) is 5.75 Å². The molecule has 0 saturated heterocycles. The van der Waals surface area contributed by atoms with Crippen LogP contribution in [0, 0.1) is 5.92 Å². The molecular weight excluding hydrogens is 284 g/mol. The minimum atomic E-state index is -0.750. The molecule has 1 aliphatic rings. The van der Waals surface area contributed by atoms with Crippen LogP contribution in [0.4, 0.5) is 0 Å². The van der Waals surface area contributed by atoms with Crippen molar-refractivity contribution < 1.29 is 14.6 Å². The molecule has 0 radical (unpaired) electrons. The summed E-state index contributed by atoms with van der Waals surface area (Å²) >= 11 is 3.50. The maximum absolute atomic E-state index is 11.0. The van der Waals surface area contributed by atoms with Gasteiger partial charge in [0.15, 0.2) is 0 Å². The van der Waals surface area contributed by atoms with E-state index < -0.39 is 5.97 Å². The Balaban J connectivity index is 2.37. The second-order valence-electron chi connectivity index (χ2n) is 4.40. The number of ether oxygens (including phenoxy) is 1. The number of hydrogen-bond donors (Lipinski definition) is 1. The molecule has 1 unspecified atom stereocenters. The van der Waals surface area contributed by atoms with Crippen molar-refractivity contribution in [3.63, 3.8) is 0 Å². The minimum absolute atomic E-state index is 0.0537. The Labute approximate surface area is 109 Å². The van der Waals surface area contributed by atoms with Crippen molar-refractivity contribution in [1.82, 2.24) is 0 Å². The summed E-state index contributed by atoms with van der Waals surface area (Å²) in [4.78, 5) is 11.0. The summed E-state index contributed by atoms with van der Waals surface area (Å²) in [5.74, 6) is 0.564. The lowest BCUT2D eigenvalue weighted by molar-refractivity contribution is -0.137. The van der Waals surface area contributed by atoms with E-state index in [1.54, 1.807) is 7.11 Å². The first kappa shape index (κ1) is 12.4. The lowest BCUT2D eigenvalue weighted by atomic mass is 9.90. The van der Waals surface area contributed by atoms with Gasteiger partial charge in [0, 0.05) is 16.0 Å². The third-order valence-electron chi connectivity index (χ3n) is 3.19. The molecule has 0 aromatic heterocycles. The highest BCUT2D eigenvalue weighted by Crippen LogP contribution is 2.49. The number of carboxylic acid groups (broad SMARTS) is 1. The molecule has 0 aliphatic heterocycles. The van der Waals surface area contributed by atoms with E-state index in [0.29, 0.717) is 5.92 Å². The number of methoxy groups -OCH3 is 1. The first-order chi connectivity index (χ1) is 8.13. The number of carbonyl (C=O) groups is 1. The topological polar surface area (TPSA) is 46.5 Å². The molecule has 1 fully saturated rings. The molecule has 0 heterocycles. The predicted octanol–water partition coefficient (Wildman–Crippen LogP) is 3.43. The van der Waals surface area contributed by atoms with Crippen LogP contribution in [0.25, 0.3) is 0 Å². The molecule has 17 heavy (non-hydrogen) atoms. The normalized spacial score (nSPS) is 16.6. The van der Waals surface area contributed by atoms with Gasteiger partial charge in [0.2, 0.25) is 0 Å². The van der Waals surface area contributed by atoms with Crippen molar-refractivity contribution in [2.24, 2.45) is 5.92 Å². The Bertz CT molecular complexity index is 427. The summed E-state index contributed by atoms with van der Waals surface area (Å²) in [5, 5.41) is 9.02. The Morgan fingerprint density at radius 2 is 2.29 bits per heavy atom. The highest BCUT2D eigenvalue weighted by atomic mass is 79.9. The number of aliphatic carboxylic acids is 1. The SMILES string of the molecule is COc1cccc(Br)c1C(CC(=O)O)C1CC1. The van der Waals surface area contributed by atoms with E-state index in [1.165, 1.54) is 0 Å². The molecule has 1 aromatic carbocycles. The standard InChI is InChI=1S/C13H15BrO3/c1-17-11-4-2-3-10(14)13(11)9(7-12(15)16)8-5-6-8/h2-4,8-9H,5-7H2,1H3,(H,15,16).